The van der Waals surface area contributed by atoms with Crippen LogP contribution in [0.3, 0.4) is 0 Å². The summed E-state index contributed by atoms with van der Waals surface area (Å²) in [6.07, 6.45) is 1.42. The van der Waals surface area contributed by atoms with Crippen LogP contribution in [0.4, 0.5) is 0 Å². The smallest absolute Gasteiger partial charge is 0.277 e. The van der Waals surface area contributed by atoms with Crippen molar-refractivity contribution in [1.29, 1.82) is 0 Å². The molecule has 29 heavy (non-hydrogen) atoms. The van der Waals surface area contributed by atoms with Gasteiger partial charge in [-0.3, -0.25) is 4.79 Å². The van der Waals surface area contributed by atoms with Crippen molar-refractivity contribution in [2.24, 2.45) is 5.10 Å². The van der Waals surface area contributed by atoms with Gasteiger partial charge in [0, 0.05) is 16.0 Å². The molecule has 0 aliphatic carbocycles. The van der Waals surface area contributed by atoms with Crippen LogP contribution >= 0.6 is 39.3 Å². The second-order valence-electron chi connectivity index (χ2n) is 5.60. The maximum Gasteiger partial charge on any atom is 0.277 e. The molecule has 6 nitrogen and oxygen atoms in total. The van der Waals surface area contributed by atoms with E-state index in [2.05, 4.69) is 26.5 Å². The van der Waals surface area contributed by atoms with E-state index in [1.165, 1.54) is 18.0 Å². The van der Waals surface area contributed by atoms with Crippen LogP contribution in [0.1, 0.15) is 5.76 Å². The van der Waals surface area contributed by atoms with Gasteiger partial charge in [0.1, 0.15) is 17.3 Å². The van der Waals surface area contributed by atoms with Crippen molar-refractivity contribution in [2.45, 2.75) is 9.99 Å². The van der Waals surface area contributed by atoms with E-state index in [1.54, 1.807) is 37.4 Å². The topological polar surface area (TPSA) is 73.1 Å². The van der Waals surface area contributed by atoms with Crippen molar-refractivity contribution in [3.05, 3.63) is 69.9 Å². The first-order chi connectivity index (χ1) is 14.0. The molecule has 150 valence electrons. The summed E-state index contributed by atoms with van der Waals surface area (Å²) in [5, 5.41) is 5.23. The number of hydrogen-bond donors (Lipinski definition) is 1. The number of methoxy groups -OCH3 is 1. The number of rotatable bonds is 8. The third-order valence-corrected chi connectivity index (χ3v) is 5.61. The highest BCUT2D eigenvalue weighted by Gasteiger charge is 2.10. The van der Waals surface area contributed by atoms with Crippen molar-refractivity contribution in [3.63, 3.8) is 0 Å². The average Bonchev–Trinajstić information content (AvgIpc) is 3.07. The monoisotopic (exact) mass is 494 g/mol. The van der Waals surface area contributed by atoms with Gasteiger partial charge in [0.25, 0.3) is 5.91 Å². The van der Waals surface area contributed by atoms with Crippen molar-refractivity contribution in [1.82, 2.24) is 5.43 Å². The standard InChI is InChI=1S/C20H16BrClN2O4S/c1-26-14-4-6-15(7-5-14)27-12-19(25)24-23-11-16-10-18(21)20(28-16)29-17-8-2-13(22)3-9-17/h2-11H,12H2,1H3,(H,24,25)/b23-11+. The quantitative estimate of drug-likeness (QED) is 0.335. The van der Waals surface area contributed by atoms with Gasteiger partial charge >= 0.3 is 0 Å². The van der Waals surface area contributed by atoms with Gasteiger partial charge in [-0.15, -0.1) is 0 Å². The van der Waals surface area contributed by atoms with Gasteiger partial charge in [0.2, 0.25) is 0 Å². The van der Waals surface area contributed by atoms with Gasteiger partial charge in [-0.25, -0.2) is 5.43 Å². The number of furan rings is 1. The summed E-state index contributed by atoms with van der Waals surface area (Å²) >= 11 is 10.8. The van der Waals surface area contributed by atoms with Crippen LogP contribution in [0.5, 0.6) is 11.5 Å². The molecule has 1 heterocycles. The SMILES string of the molecule is COc1ccc(OCC(=O)N/N=C/c2cc(Br)c(Sc3ccc(Cl)cc3)o2)cc1. The number of carbonyl (C=O) groups is 1. The number of hydrazone groups is 1. The van der Waals surface area contributed by atoms with Crippen molar-refractivity contribution < 1.29 is 18.7 Å². The minimum atomic E-state index is -0.390. The summed E-state index contributed by atoms with van der Waals surface area (Å²) in [5.74, 6) is 1.37. The zero-order valence-corrected chi connectivity index (χ0v) is 18.4. The lowest BCUT2D eigenvalue weighted by molar-refractivity contribution is -0.123. The predicted octanol–water partition coefficient (Wildman–Crippen LogP) is 5.38. The van der Waals surface area contributed by atoms with E-state index in [4.69, 9.17) is 25.5 Å². The van der Waals surface area contributed by atoms with Gasteiger partial charge in [-0.05, 0) is 64.5 Å². The fraction of sp³-hybridized carbons (Fsp3) is 0.100. The maximum absolute atomic E-state index is 11.8. The number of halogens is 2. The summed E-state index contributed by atoms with van der Waals surface area (Å²) in [6, 6.07) is 16.1. The predicted molar refractivity (Wildman–Crippen MR) is 116 cm³/mol. The molecule has 0 radical (unpaired) electrons. The molecule has 0 unspecified atom stereocenters. The molecule has 0 bridgehead atoms. The molecule has 1 aromatic heterocycles. The fourth-order valence-corrected chi connectivity index (χ4v) is 3.59. The highest BCUT2D eigenvalue weighted by atomic mass is 79.9. The van der Waals surface area contributed by atoms with E-state index in [0.29, 0.717) is 27.4 Å². The zero-order chi connectivity index (χ0) is 20.6. The lowest BCUT2D eigenvalue weighted by Crippen LogP contribution is -2.24. The Morgan fingerprint density at radius 3 is 2.59 bits per heavy atom. The summed E-state index contributed by atoms with van der Waals surface area (Å²) in [6.45, 7) is -0.164. The van der Waals surface area contributed by atoms with E-state index < -0.39 is 5.91 Å². The summed E-state index contributed by atoms with van der Waals surface area (Å²) in [7, 11) is 1.58. The molecular formula is C20H16BrClN2O4S. The largest absolute Gasteiger partial charge is 0.497 e. The number of nitrogens with zero attached hydrogens (tertiary/aromatic N) is 1. The van der Waals surface area contributed by atoms with E-state index in [-0.39, 0.29) is 6.61 Å². The molecule has 0 atom stereocenters. The Kier molecular flexibility index (Phi) is 7.62. The molecule has 0 fully saturated rings. The summed E-state index contributed by atoms with van der Waals surface area (Å²) < 4.78 is 17.0. The van der Waals surface area contributed by atoms with Crippen molar-refractivity contribution in [2.75, 3.05) is 13.7 Å². The van der Waals surface area contributed by atoms with Crippen LogP contribution in [0.2, 0.25) is 5.02 Å². The molecule has 2 aromatic carbocycles. The van der Waals surface area contributed by atoms with Gasteiger partial charge in [0.05, 0.1) is 17.8 Å². The molecule has 0 saturated heterocycles. The third-order valence-electron chi connectivity index (χ3n) is 3.51. The number of carbonyl (C=O) groups excluding carboxylic acids is 1. The van der Waals surface area contributed by atoms with E-state index in [0.717, 1.165) is 9.37 Å². The van der Waals surface area contributed by atoms with Gasteiger partial charge < -0.3 is 13.9 Å². The van der Waals surface area contributed by atoms with E-state index >= 15 is 0 Å². The Morgan fingerprint density at radius 1 is 1.21 bits per heavy atom. The molecule has 0 spiro atoms. The molecule has 3 rings (SSSR count). The lowest BCUT2D eigenvalue weighted by atomic mass is 10.3. The van der Waals surface area contributed by atoms with Crippen LogP contribution in [0.25, 0.3) is 0 Å². The zero-order valence-electron chi connectivity index (χ0n) is 15.2. The minimum absolute atomic E-state index is 0.164. The van der Waals surface area contributed by atoms with Gasteiger partial charge in [-0.2, -0.15) is 5.10 Å². The molecule has 3 aromatic rings. The number of hydrogen-bond acceptors (Lipinski definition) is 6. The van der Waals surface area contributed by atoms with Crippen molar-refractivity contribution in [3.8, 4) is 11.5 Å². The second kappa shape index (κ2) is 10.4. The maximum atomic E-state index is 11.8. The molecule has 1 N–H and O–H groups in total. The Morgan fingerprint density at radius 2 is 1.90 bits per heavy atom. The van der Waals surface area contributed by atoms with Crippen LogP contribution in [0.15, 0.2) is 78.6 Å². The Bertz CT molecular complexity index is 991. The lowest BCUT2D eigenvalue weighted by Gasteiger charge is -2.05. The first-order valence-corrected chi connectivity index (χ1v) is 10.3. The van der Waals surface area contributed by atoms with Gasteiger partial charge in [-0.1, -0.05) is 23.4 Å². The highest BCUT2D eigenvalue weighted by molar-refractivity contribution is 9.10. The Hall–Kier alpha value is -2.42. The highest BCUT2D eigenvalue weighted by Crippen LogP contribution is 2.35. The van der Waals surface area contributed by atoms with Crippen LogP contribution in [-0.4, -0.2) is 25.8 Å². The second-order valence-corrected chi connectivity index (χ2v) is 7.93. The van der Waals surface area contributed by atoms with Crippen LogP contribution < -0.4 is 14.9 Å². The molecule has 1 amide bonds. The summed E-state index contributed by atoms with van der Waals surface area (Å²) in [4.78, 5) is 12.8. The first-order valence-electron chi connectivity index (χ1n) is 8.35. The normalized spacial score (nSPS) is 10.9. The fourth-order valence-electron chi connectivity index (χ4n) is 2.13. The van der Waals surface area contributed by atoms with E-state index in [9.17, 15) is 4.79 Å². The van der Waals surface area contributed by atoms with Crippen LogP contribution in [0, 0.1) is 0 Å². The minimum Gasteiger partial charge on any atom is -0.497 e. The Balaban J connectivity index is 1.49. The van der Waals surface area contributed by atoms with Crippen molar-refractivity contribution >= 4 is 51.4 Å². The van der Waals surface area contributed by atoms with Crippen LogP contribution in [-0.2, 0) is 4.79 Å². The Labute approximate surface area is 185 Å². The molecule has 9 heteroatoms. The van der Waals surface area contributed by atoms with Gasteiger partial charge in [0.15, 0.2) is 11.7 Å². The molecule has 0 aliphatic rings. The van der Waals surface area contributed by atoms with E-state index in [1.807, 2.05) is 24.3 Å². The number of nitrogens with one attached hydrogen (secondary N) is 1. The molecule has 0 aliphatic heterocycles. The summed E-state index contributed by atoms with van der Waals surface area (Å²) in [5.41, 5.74) is 2.39. The first kappa shape index (κ1) is 21.3. The number of ether oxygens (including phenoxy) is 2. The third kappa shape index (κ3) is 6.56. The molecular weight excluding hydrogens is 480 g/mol. The molecule has 0 saturated carbocycles. The average molecular weight is 496 g/mol. The number of amides is 1. The number of benzene rings is 2.